The number of benzene rings is 1. The minimum atomic E-state index is -4.70. The van der Waals surface area contributed by atoms with E-state index in [0.717, 1.165) is 16.7 Å². The van der Waals surface area contributed by atoms with Gasteiger partial charge in [-0.25, -0.2) is 9.97 Å². The molecule has 0 aliphatic heterocycles. The van der Waals surface area contributed by atoms with E-state index in [1.807, 2.05) is 37.5 Å². The SMILES string of the molecule is C=C(C)/C=C(\C=NC)c1cnc(-c2cccc(-c3cnn(C)c3)c2)nc1CCC(O)C(F)(F)F. The summed E-state index contributed by atoms with van der Waals surface area (Å²) in [5.41, 5.74) is 4.82. The summed E-state index contributed by atoms with van der Waals surface area (Å²) < 4.78 is 40.5. The van der Waals surface area contributed by atoms with Crippen LogP contribution < -0.4 is 0 Å². The van der Waals surface area contributed by atoms with Crippen LogP contribution in [0, 0.1) is 0 Å². The van der Waals surface area contributed by atoms with E-state index in [1.54, 1.807) is 43.3 Å². The fourth-order valence-corrected chi connectivity index (χ4v) is 3.42. The van der Waals surface area contributed by atoms with Gasteiger partial charge in [-0.1, -0.05) is 36.4 Å². The van der Waals surface area contributed by atoms with Crippen molar-refractivity contribution < 1.29 is 18.3 Å². The summed E-state index contributed by atoms with van der Waals surface area (Å²) in [5.74, 6) is 0.370. The van der Waals surface area contributed by atoms with Crippen molar-refractivity contribution in [2.24, 2.45) is 12.0 Å². The number of nitrogens with zero attached hydrogens (tertiary/aromatic N) is 5. The van der Waals surface area contributed by atoms with Gasteiger partial charge in [-0.3, -0.25) is 9.67 Å². The third kappa shape index (κ3) is 6.26. The van der Waals surface area contributed by atoms with Crippen molar-refractivity contribution in [3.63, 3.8) is 0 Å². The van der Waals surface area contributed by atoms with Crippen LogP contribution in [0.4, 0.5) is 13.2 Å². The van der Waals surface area contributed by atoms with Crippen molar-refractivity contribution in [1.82, 2.24) is 19.7 Å². The van der Waals surface area contributed by atoms with Gasteiger partial charge in [0.2, 0.25) is 0 Å². The Hall–Kier alpha value is -3.59. The molecule has 34 heavy (non-hydrogen) atoms. The maximum absolute atomic E-state index is 12.9. The van der Waals surface area contributed by atoms with Crippen LogP contribution in [0.2, 0.25) is 0 Å². The van der Waals surface area contributed by atoms with Gasteiger partial charge in [0.25, 0.3) is 0 Å². The third-order valence-corrected chi connectivity index (χ3v) is 5.04. The number of aryl methyl sites for hydroxylation is 2. The van der Waals surface area contributed by atoms with Gasteiger partial charge in [0.05, 0.1) is 11.9 Å². The summed E-state index contributed by atoms with van der Waals surface area (Å²) in [6, 6.07) is 7.53. The summed E-state index contributed by atoms with van der Waals surface area (Å²) in [6.07, 6.45) is 0.780. The van der Waals surface area contributed by atoms with E-state index in [-0.39, 0.29) is 6.42 Å². The summed E-state index contributed by atoms with van der Waals surface area (Å²) in [4.78, 5) is 13.1. The maximum atomic E-state index is 12.9. The predicted octanol–water partition coefficient (Wildman–Crippen LogP) is 5.06. The number of aliphatic hydroxyl groups excluding tert-OH is 1. The topological polar surface area (TPSA) is 76.2 Å². The van der Waals surface area contributed by atoms with Crippen molar-refractivity contribution in [1.29, 1.82) is 0 Å². The molecule has 2 aromatic heterocycles. The van der Waals surface area contributed by atoms with E-state index in [4.69, 9.17) is 0 Å². The van der Waals surface area contributed by atoms with Crippen LogP contribution in [0.5, 0.6) is 0 Å². The summed E-state index contributed by atoms with van der Waals surface area (Å²) >= 11 is 0. The minimum Gasteiger partial charge on any atom is -0.384 e. The van der Waals surface area contributed by atoms with Gasteiger partial charge in [-0.2, -0.15) is 18.3 Å². The zero-order valence-electron chi connectivity index (χ0n) is 19.2. The number of halogens is 3. The van der Waals surface area contributed by atoms with Gasteiger partial charge in [0.1, 0.15) is 6.10 Å². The van der Waals surface area contributed by atoms with Crippen LogP contribution in [0.1, 0.15) is 24.6 Å². The highest BCUT2D eigenvalue weighted by atomic mass is 19.4. The smallest absolute Gasteiger partial charge is 0.384 e. The van der Waals surface area contributed by atoms with E-state index in [1.165, 1.54) is 0 Å². The lowest BCUT2D eigenvalue weighted by Crippen LogP contribution is -2.29. The Bertz CT molecular complexity index is 1230. The lowest BCUT2D eigenvalue weighted by Gasteiger charge is -2.16. The van der Waals surface area contributed by atoms with E-state index in [9.17, 15) is 18.3 Å². The highest BCUT2D eigenvalue weighted by Crippen LogP contribution is 2.28. The van der Waals surface area contributed by atoms with Gasteiger partial charge >= 0.3 is 6.18 Å². The molecular formula is C25H26F3N5O. The molecule has 0 saturated heterocycles. The molecule has 1 unspecified atom stereocenters. The molecule has 0 fully saturated rings. The average Bonchev–Trinajstić information content (AvgIpc) is 3.22. The quantitative estimate of drug-likeness (QED) is 0.370. The Morgan fingerprint density at radius 1 is 1.24 bits per heavy atom. The van der Waals surface area contributed by atoms with E-state index in [0.29, 0.717) is 28.2 Å². The first-order valence-electron chi connectivity index (χ1n) is 10.6. The molecule has 2 heterocycles. The van der Waals surface area contributed by atoms with Crippen LogP contribution in [0.3, 0.4) is 0 Å². The molecule has 0 radical (unpaired) electrons. The largest absolute Gasteiger partial charge is 0.414 e. The van der Waals surface area contributed by atoms with Gasteiger partial charge < -0.3 is 5.11 Å². The molecule has 178 valence electrons. The molecule has 0 spiro atoms. The number of hydrogen-bond acceptors (Lipinski definition) is 5. The summed E-state index contributed by atoms with van der Waals surface area (Å²) in [5, 5.41) is 13.7. The van der Waals surface area contributed by atoms with E-state index >= 15 is 0 Å². The van der Waals surface area contributed by atoms with Crippen molar-refractivity contribution >= 4 is 11.8 Å². The highest BCUT2D eigenvalue weighted by molar-refractivity contribution is 6.10. The molecule has 3 rings (SSSR count). The lowest BCUT2D eigenvalue weighted by atomic mass is 10.00. The Kier molecular flexibility index (Phi) is 7.78. The van der Waals surface area contributed by atoms with Crippen LogP contribution in [-0.2, 0) is 13.5 Å². The van der Waals surface area contributed by atoms with Crippen LogP contribution in [0.25, 0.3) is 28.1 Å². The van der Waals surface area contributed by atoms with E-state index in [2.05, 4.69) is 26.6 Å². The number of aliphatic hydroxyl groups is 1. The molecule has 0 aliphatic rings. The Morgan fingerprint density at radius 2 is 1.97 bits per heavy atom. The van der Waals surface area contributed by atoms with Gasteiger partial charge in [0.15, 0.2) is 5.82 Å². The highest BCUT2D eigenvalue weighted by Gasteiger charge is 2.37. The summed E-state index contributed by atoms with van der Waals surface area (Å²) in [6.45, 7) is 5.67. The van der Waals surface area contributed by atoms with Gasteiger partial charge in [-0.15, -0.1) is 0 Å². The number of aliphatic imine (C=N–C) groups is 1. The number of hydrogen-bond donors (Lipinski definition) is 1. The molecular weight excluding hydrogens is 443 g/mol. The molecule has 0 bridgehead atoms. The second-order valence-electron chi connectivity index (χ2n) is 7.97. The lowest BCUT2D eigenvalue weighted by molar-refractivity contribution is -0.205. The third-order valence-electron chi connectivity index (χ3n) is 5.04. The van der Waals surface area contributed by atoms with E-state index < -0.39 is 18.7 Å². The normalized spacial score (nSPS) is 13.4. The summed E-state index contributed by atoms with van der Waals surface area (Å²) in [7, 11) is 3.42. The van der Waals surface area contributed by atoms with Crippen molar-refractivity contribution in [2.45, 2.75) is 32.0 Å². The first-order chi connectivity index (χ1) is 16.1. The fourth-order valence-electron chi connectivity index (χ4n) is 3.42. The Morgan fingerprint density at radius 3 is 2.59 bits per heavy atom. The maximum Gasteiger partial charge on any atom is 0.414 e. The second-order valence-corrected chi connectivity index (χ2v) is 7.97. The van der Waals surface area contributed by atoms with Crippen LogP contribution in [-0.4, -0.2) is 50.4 Å². The zero-order valence-corrected chi connectivity index (χ0v) is 19.2. The number of alkyl halides is 3. The van der Waals surface area contributed by atoms with Crippen molar-refractivity contribution in [2.75, 3.05) is 7.05 Å². The molecule has 0 aliphatic carbocycles. The van der Waals surface area contributed by atoms with Crippen molar-refractivity contribution in [3.8, 4) is 22.5 Å². The standard InChI is InChI=1S/C25H26F3N5O/c1-16(2)10-19(12-29-3)21-14-30-24(32-22(21)8-9-23(34)25(26,27)28)18-7-5-6-17(11-18)20-13-31-33(4)15-20/h5-7,10-15,23,34H,1,8-9H2,2-4H3/b19-10+,29-12?. The molecule has 1 N–H and O–H groups in total. The average molecular weight is 470 g/mol. The van der Waals surface area contributed by atoms with Gasteiger partial charge in [0, 0.05) is 55.0 Å². The fraction of sp³-hybridized carbons (Fsp3) is 0.280. The first kappa shape index (κ1) is 25.0. The zero-order chi connectivity index (χ0) is 24.9. The van der Waals surface area contributed by atoms with Gasteiger partial charge in [-0.05, 0) is 31.4 Å². The Balaban J connectivity index is 2.06. The molecule has 3 aromatic rings. The monoisotopic (exact) mass is 469 g/mol. The molecule has 1 aromatic carbocycles. The van der Waals surface area contributed by atoms with Crippen molar-refractivity contribution in [3.05, 3.63) is 72.3 Å². The number of allylic oxidation sites excluding steroid dienone is 3. The Labute approximate surface area is 196 Å². The first-order valence-corrected chi connectivity index (χ1v) is 10.6. The number of rotatable bonds is 8. The predicted molar refractivity (Wildman–Crippen MR) is 127 cm³/mol. The molecule has 9 heteroatoms. The second kappa shape index (κ2) is 10.6. The molecule has 0 amide bonds. The van der Waals surface area contributed by atoms with Crippen LogP contribution >= 0.6 is 0 Å². The number of aromatic nitrogens is 4. The van der Waals surface area contributed by atoms with Crippen LogP contribution in [0.15, 0.2) is 66.1 Å². The minimum absolute atomic E-state index is 0.0983. The molecule has 0 saturated carbocycles. The molecule has 6 nitrogen and oxygen atoms in total. The molecule has 1 atom stereocenters.